The quantitative estimate of drug-likeness (QED) is 0.216. The van der Waals surface area contributed by atoms with Crippen LogP contribution in [0.4, 0.5) is 0 Å². The molecule has 0 fully saturated rings. The molecule has 0 amide bonds. The molecule has 25 heavy (non-hydrogen) atoms. The molecule has 0 heterocycles. The van der Waals surface area contributed by atoms with E-state index in [9.17, 15) is 9.90 Å². The van der Waals surface area contributed by atoms with Gasteiger partial charge >= 0.3 is 29.6 Å². The van der Waals surface area contributed by atoms with E-state index < -0.39 is 11.8 Å². The van der Waals surface area contributed by atoms with Crippen molar-refractivity contribution in [2.45, 2.75) is 122 Å². The molecule has 0 spiro atoms. The summed E-state index contributed by atoms with van der Waals surface area (Å²) in [5.74, 6) is -4.46. The van der Waals surface area contributed by atoms with Gasteiger partial charge in [0.1, 0.15) is 5.97 Å². The molecule has 2 N–H and O–H groups in total. The topological polar surface area (TPSA) is 80.6 Å². The maximum Gasteiger partial charge on any atom is 1.00 e. The summed E-state index contributed by atoms with van der Waals surface area (Å²) in [6, 6.07) is 0. The van der Waals surface area contributed by atoms with Gasteiger partial charge < -0.3 is 20.1 Å². The molecule has 0 aliphatic carbocycles. The molecule has 5 heteroatoms. The number of carbonyl (C=O) groups excluding carboxylic acids is 1. The van der Waals surface area contributed by atoms with Gasteiger partial charge in [0.2, 0.25) is 5.79 Å². The van der Waals surface area contributed by atoms with Crippen LogP contribution in [0.2, 0.25) is 0 Å². The van der Waals surface area contributed by atoms with E-state index in [0.717, 1.165) is 19.3 Å². The van der Waals surface area contributed by atoms with E-state index in [2.05, 4.69) is 6.92 Å². The van der Waals surface area contributed by atoms with E-state index in [-0.39, 0.29) is 36.0 Å². The normalized spacial score (nSPS) is 11.3. The van der Waals surface area contributed by atoms with Crippen molar-refractivity contribution in [3.63, 3.8) is 0 Å². The fraction of sp³-hybridized carbons (Fsp3) is 0.950. The standard InChI is InChI=1S/C20H40O4.Na/c1-2-3-4-5-6-7-8-9-10-11-12-13-14-15-16-17-18-20(23,24)19(21)22;/h23-24H,2-18H2,1H3,(H,21,22);/q;+1/p-1. The van der Waals surface area contributed by atoms with Gasteiger partial charge in [-0.2, -0.15) is 0 Å². The Hall–Kier alpha value is 0.390. The van der Waals surface area contributed by atoms with Gasteiger partial charge in [-0.15, -0.1) is 0 Å². The summed E-state index contributed by atoms with van der Waals surface area (Å²) in [5.41, 5.74) is 0. The average molecular weight is 367 g/mol. The zero-order valence-electron chi connectivity index (χ0n) is 16.7. The Morgan fingerprint density at radius 1 is 0.680 bits per heavy atom. The van der Waals surface area contributed by atoms with Gasteiger partial charge in [0.25, 0.3) is 0 Å². The summed E-state index contributed by atoms with van der Waals surface area (Å²) in [6.45, 7) is 2.26. The molecule has 0 bridgehead atoms. The van der Waals surface area contributed by atoms with E-state index in [1.165, 1.54) is 77.0 Å². The first kappa shape index (κ1) is 27.6. The van der Waals surface area contributed by atoms with E-state index in [4.69, 9.17) is 10.2 Å². The monoisotopic (exact) mass is 366 g/mol. The third-order valence-corrected chi connectivity index (χ3v) is 4.71. The van der Waals surface area contributed by atoms with Gasteiger partial charge in [0.05, 0.1) is 0 Å². The molecule has 0 atom stereocenters. The summed E-state index contributed by atoms with van der Waals surface area (Å²) >= 11 is 0. The second-order valence-corrected chi connectivity index (χ2v) is 7.16. The van der Waals surface area contributed by atoms with Crippen LogP contribution in [0.15, 0.2) is 0 Å². The molecular weight excluding hydrogens is 327 g/mol. The van der Waals surface area contributed by atoms with Gasteiger partial charge in [-0.1, -0.05) is 103 Å². The van der Waals surface area contributed by atoms with Crippen LogP contribution in [-0.4, -0.2) is 22.0 Å². The largest absolute Gasteiger partial charge is 1.00 e. The second-order valence-electron chi connectivity index (χ2n) is 7.16. The third kappa shape index (κ3) is 19.0. The molecule has 0 saturated heterocycles. The molecule has 0 saturated carbocycles. The van der Waals surface area contributed by atoms with Gasteiger partial charge in [0.15, 0.2) is 0 Å². The van der Waals surface area contributed by atoms with Crippen LogP contribution in [0.5, 0.6) is 0 Å². The maximum atomic E-state index is 10.4. The first-order valence-corrected chi connectivity index (χ1v) is 10.2. The number of aliphatic carboxylic acids is 1. The average Bonchev–Trinajstić information content (AvgIpc) is 2.54. The number of carbonyl (C=O) groups is 1. The molecular formula is C20H39NaO4. The molecule has 0 radical (unpaired) electrons. The van der Waals surface area contributed by atoms with Gasteiger partial charge in [-0.3, -0.25) is 0 Å². The van der Waals surface area contributed by atoms with Crippen LogP contribution in [0.3, 0.4) is 0 Å². The smallest absolute Gasteiger partial charge is 0.544 e. The first-order chi connectivity index (χ1) is 11.5. The summed E-state index contributed by atoms with van der Waals surface area (Å²) in [6.07, 6.45) is 19.6. The van der Waals surface area contributed by atoms with E-state index in [1.807, 2.05) is 0 Å². The second kappa shape index (κ2) is 19.2. The van der Waals surface area contributed by atoms with Crippen molar-refractivity contribution in [3.8, 4) is 0 Å². The maximum absolute atomic E-state index is 10.4. The van der Waals surface area contributed by atoms with Crippen molar-refractivity contribution in [2.75, 3.05) is 0 Å². The predicted molar refractivity (Wildman–Crippen MR) is 96.3 cm³/mol. The molecule has 0 aliphatic rings. The number of hydrogen-bond acceptors (Lipinski definition) is 4. The van der Waals surface area contributed by atoms with Crippen LogP contribution in [0.25, 0.3) is 0 Å². The Balaban J connectivity index is 0. The minimum absolute atomic E-state index is 0. The molecule has 0 aromatic heterocycles. The Bertz CT molecular complexity index is 295. The molecule has 4 nitrogen and oxygen atoms in total. The number of unbranched alkanes of at least 4 members (excludes halogenated alkanes) is 15. The van der Waals surface area contributed by atoms with Crippen LogP contribution < -0.4 is 34.7 Å². The number of hydrogen-bond donors (Lipinski definition) is 2. The zero-order chi connectivity index (χ0) is 18.1. The molecule has 0 rings (SSSR count). The summed E-state index contributed by atoms with van der Waals surface area (Å²) in [7, 11) is 0. The van der Waals surface area contributed by atoms with Crippen LogP contribution >= 0.6 is 0 Å². The Morgan fingerprint density at radius 2 is 0.960 bits per heavy atom. The number of carboxylic acids is 1. The predicted octanol–water partition coefficient (Wildman–Crippen LogP) is 1.07. The van der Waals surface area contributed by atoms with Crippen molar-refractivity contribution in [2.24, 2.45) is 0 Å². The van der Waals surface area contributed by atoms with Crippen LogP contribution in [0.1, 0.15) is 116 Å². The Kier molecular flexibility index (Phi) is 21.2. The summed E-state index contributed by atoms with van der Waals surface area (Å²) in [5, 5.41) is 28.6. The molecule has 144 valence electrons. The van der Waals surface area contributed by atoms with Crippen molar-refractivity contribution >= 4 is 5.97 Å². The van der Waals surface area contributed by atoms with E-state index >= 15 is 0 Å². The van der Waals surface area contributed by atoms with E-state index in [1.54, 1.807) is 0 Å². The Morgan fingerprint density at radius 3 is 1.24 bits per heavy atom. The van der Waals surface area contributed by atoms with E-state index in [0.29, 0.717) is 6.42 Å². The molecule has 0 unspecified atom stereocenters. The zero-order valence-corrected chi connectivity index (χ0v) is 18.7. The molecule has 0 aliphatic heterocycles. The molecule has 0 aromatic carbocycles. The summed E-state index contributed by atoms with van der Waals surface area (Å²) < 4.78 is 0. The van der Waals surface area contributed by atoms with Gasteiger partial charge in [0, 0.05) is 6.42 Å². The number of carboxylic acid groups (broad SMARTS) is 1. The minimum Gasteiger partial charge on any atom is -0.544 e. The van der Waals surface area contributed by atoms with Gasteiger partial charge in [-0.25, -0.2) is 0 Å². The van der Waals surface area contributed by atoms with Crippen LogP contribution in [-0.2, 0) is 4.79 Å². The fourth-order valence-electron chi connectivity index (χ4n) is 3.02. The summed E-state index contributed by atoms with van der Waals surface area (Å²) in [4.78, 5) is 10.4. The first-order valence-electron chi connectivity index (χ1n) is 10.2. The van der Waals surface area contributed by atoms with Crippen molar-refractivity contribution in [1.82, 2.24) is 0 Å². The number of aliphatic hydroxyl groups is 2. The Labute approximate surface area is 177 Å². The van der Waals surface area contributed by atoms with Crippen molar-refractivity contribution < 1.29 is 49.7 Å². The minimum atomic E-state index is -2.66. The van der Waals surface area contributed by atoms with Crippen molar-refractivity contribution in [1.29, 1.82) is 0 Å². The number of rotatable bonds is 18. The SMILES string of the molecule is CCCCCCCCCCCCCCCCCCC(O)(O)C(=O)[O-].[Na+]. The van der Waals surface area contributed by atoms with Gasteiger partial charge in [-0.05, 0) is 6.42 Å². The third-order valence-electron chi connectivity index (χ3n) is 4.71. The fourth-order valence-corrected chi connectivity index (χ4v) is 3.02. The van der Waals surface area contributed by atoms with Crippen LogP contribution in [0, 0.1) is 0 Å². The molecule has 0 aromatic rings. The van der Waals surface area contributed by atoms with Crippen molar-refractivity contribution in [3.05, 3.63) is 0 Å².